The lowest BCUT2D eigenvalue weighted by Crippen LogP contribution is -2.29. The van der Waals surface area contributed by atoms with Crippen molar-refractivity contribution in [3.63, 3.8) is 0 Å². The van der Waals surface area contributed by atoms with Crippen molar-refractivity contribution in [3.05, 3.63) is 29.3 Å². The number of nitrogens with two attached hydrogens (primary N) is 1. The third-order valence-electron chi connectivity index (χ3n) is 3.33. The lowest BCUT2D eigenvalue weighted by atomic mass is 9.77. The van der Waals surface area contributed by atoms with Crippen molar-refractivity contribution < 1.29 is 9.68 Å². The molecule has 5 heteroatoms. The molecule has 0 amide bonds. The van der Waals surface area contributed by atoms with E-state index in [1.54, 1.807) is 0 Å². The quantitative estimate of drug-likeness (QED) is 0.511. The van der Waals surface area contributed by atoms with Crippen molar-refractivity contribution in [3.8, 4) is 0 Å². The van der Waals surface area contributed by atoms with Crippen LogP contribution in [0.1, 0.15) is 37.0 Å². The monoisotopic (exact) mass is 248 g/mol. The van der Waals surface area contributed by atoms with Crippen molar-refractivity contribution in [1.29, 1.82) is 0 Å². The van der Waals surface area contributed by atoms with Crippen LogP contribution in [0.2, 0.25) is 0 Å². The fraction of sp³-hybridized carbons (Fsp3) is 0.538. The third-order valence-corrected chi connectivity index (χ3v) is 3.33. The van der Waals surface area contributed by atoms with Crippen molar-refractivity contribution in [1.82, 2.24) is 5.32 Å². The van der Waals surface area contributed by atoms with E-state index in [1.165, 1.54) is 5.56 Å². The molecule has 2 rings (SSSR count). The highest BCUT2D eigenvalue weighted by Crippen LogP contribution is 2.25. The molecule has 1 aliphatic rings. The van der Waals surface area contributed by atoms with E-state index in [0.29, 0.717) is 19.0 Å². The van der Waals surface area contributed by atoms with Crippen molar-refractivity contribution in [2.75, 3.05) is 19.6 Å². The van der Waals surface area contributed by atoms with Gasteiger partial charge in [0.2, 0.25) is 0 Å². The molecule has 0 saturated carbocycles. The van der Waals surface area contributed by atoms with E-state index >= 15 is 0 Å². The van der Waals surface area contributed by atoms with E-state index in [0.717, 1.165) is 17.6 Å². The Morgan fingerprint density at radius 3 is 2.94 bits per heavy atom. The first-order valence-electron chi connectivity index (χ1n) is 6.51. The van der Waals surface area contributed by atoms with Gasteiger partial charge in [-0.25, -0.2) is 0 Å². The van der Waals surface area contributed by atoms with E-state index in [2.05, 4.69) is 31.3 Å². The minimum atomic E-state index is -0.802. The Morgan fingerprint density at radius 2 is 2.28 bits per heavy atom. The summed E-state index contributed by atoms with van der Waals surface area (Å²) < 4.78 is 5.57. The number of fused-ring (bicyclic) bond motifs is 1. The minimum Gasteiger partial charge on any atom is -0.423 e. The lowest BCUT2D eigenvalue weighted by molar-refractivity contribution is 0.187. The van der Waals surface area contributed by atoms with Gasteiger partial charge in [0.1, 0.15) is 0 Å². The molecule has 0 saturated heterocycles. The fourth-order valence-electron chi connectivity index (χ4n) is 2.25. The zero-order valence-corrected chi connectivity index (χ0v) is 11.0. The summed E-state index contributed by atoms with van der Waals surface area (Å²) in [6.45, 7) is 6.33. The second-order valence-electron chi connectivity index (χ2n) is 5.01. The smallest absolute Gasteiger partial charge is 0.423 e. The first kappa shape index (κ1) is 13.6. The summed E-state index contributed by atoms with van der Waals surface area (Å²) in [5, 5.41) is 13.2. The van der Waals surface area contributed by atoms with Crippen LogP contribution >= 0.6 is 0 Å². The van der Waals surface area contributed by atoms with E-state index in [9.17, 15) is 5.02 Å². The van der Waals surface area contributed by atoms with Crippen LogP contribution < -0.4 is 16.5 Å². The fourth-order valence-corrected chi connectivity index (χ4v) is 2.25. The van der Waals surface area contributed by atoms with E-state index in [1.807, 2.05) is 6.07 Å². The SMILES string of the molecule is CC(C)c1ccc2c(c1)B(O)OC2CNCCN. The van der Waals surface area contributed by atoms with Crippen molar-refractivity contribution in [2.45, 2.75) is 25.9 Å². The van der Waals surface area contributed by atoms with Gasteiger partial charge in [0, 0.05) is 19.6 Å². The van der Waals surface area contributed by atoms with Crippen LogP contribution in [0, 0.1) is 0 Å². The van der Waals surface area contributed by atoms with Gasteiger partial charge in [-0.15, -0.1) is 0 Å². The van der Waals surface area contributed by atoms with Crippen LogP contribution in [0.15, 0.2) is 18.2 Å². The summed E-state index contributed by atoms with van der Waals surface area (Å²) in [7, 11) is -0.802. The van der Waals surface area contributed by atoms with Gasteiger partial charge in [0.15, 0.2) is 0 Å². The number of hydrogen-bond acceptors (Lipinski definition) is 4. The standard InChI is InChI=1S/C13H21BN2O2/c1-9(2)10-3-4-11-12(7-10)14(17)18-13(11)8-16-6-5-15/h3-4,7,9,13,16-17H,5-6,8,15H2,1-2H3. The van der Waals surface area contributed by atoms with Crippen LogP contribution in [-0.2, 0) is 4.65 Å². The normalized spacial score (nSPS) is 18.5. The van der Waals surface area contributed by atoms with Gasteiger partial charge in [-0.05, 0) is 22.5 Å². The van der Waals surface area contributed by atoms with Crippen LogP contribution in [0.3, 0.4) is 0 Å². The Labute approximate surface area is 109 Å². The molecule has 0 bridgehead atoms. The molecule has 18 heavy (non-hydrogen) atoms. The average molecular weight is 248 g/mol. The molecular weight excluding hydrogens is 227 g/mol. The lowest BCUT2D eigenvalue weighted by Gasteiger charge is -2.13. The number of rotatable bonds is 5. The summed E-state index contributed by atoms with van der Waals surface area (Å²) in [4.78, 5) is 0. The van der Waals surface area contributed by atoms with Gasteiger partial charge in [0.25, 0.3) is 0 Å². The number of benzene rings is 1. The largest absolute Gasteiger partial charge is 0.492 e. The predicted octanol–water partition coefficient (Wildman–Crippen LogP) is 0.117. The zero-order valence-electron chi connectivity index (χ0n) is 11.0. The Bertz CT molecular complexity index is 412. The van der Waals surface area contributed by atoms with Gasteiger partial charge in [-0.3, -0.25) is 0 Å². The molecular formula is C13H21BN2O2. The Morgan fingerprint density at radius 1 is 1.50 bits per heavy atom. The molecule has 1 atom stereocenters. The molecule has 4 N–H and O–H groups in total. The molecule has 0 spiro atoms. The van der Waals surface area contributed by atoms with Crippen LogP contribution in [-0.4, -0.2) is 31.8 Å². The summed E-state index contributed by atoms with van der Waals surface area (Å²) in [6, 6.07) is 6.23. The molecule has 1 aromatic rings. The second kappa shape index (κ2) is 5.84. The van der Waals surface area contributed by atoms with E-state index < -0.39 is 7.12 Å². The van der Waals surface area contributed by atoms with Gasteiger partial charge in [-0.2, -0.15) is 0 Å². The third kappa shape index (κ3) is 2.75. The zero-order chi connectivity index (χ0) is 13.1. The molecule has 0 radical (unpaired) electrons. The first-order valence-corrected chi connectivity index (χ1v) is 6.51. The minimum absolute atomic E-state index is 0.0808. The van der Waals surface area contributed by atoms with Gasteiger partial charge >= 0.3 is 7.12 Å². The topological polar surface area (TPSA) is 67.5 Å². The van der Waals surface area contributed by atoms with Gasteiger partial charge in [0.05, 0.1) is 6.10 Å². The van der Waals surface area contributed by atoms with Crippen LogP contribution in [0.25, 0.3) is 0 Å². The molecule has 0 aromatic heterocycles. The van der Waals surface area contributed by atoms with Crippen molar-refractivity contribution >= 4 is 12.6 Å². The van der Waals surface area contributed by atoms with Gasteiger partial charge < -0.3 is 20.7 Å². The summed E-state index contributed by atoms with van der Waals surface area (Å²) in [5.41, 5.74) is 8.65. The van der Waals surface area contributed by atoms with E-state index in [-0.39, 0.29) is 6.10 Å². The first-order chi connectivity index (χ1) is 8.63. The summed E-state index contributed by atoms with van der Waals surface area (Å²) in [5.74, 6) is 0.455. The molecule has 0 aliphatic carbocycles. The highest BCUT2D eigenvalue weighted by atomic mass is 16.5. The Hall–Kier alpha value is -0.875. The molecule has 4 nitrogen and oxygen atoms in total. The number of hydrogen-bond donors (Lipinski definition) is 3. The molecule has 98 valence electrons. The average Bonchev–Trinajstić information content (AvgIpc) is 2.66. The Balaban J connectivity index is 2.14. The molecule has 1 aliphatic heterocycles. The maximum atomic E-state index is 9.94. The van der Waals surface area contributed by atoms with Crippen LogP contribution in [0.5, 0.6) is 0 Å². The van der Waals surface area contributed by atoms with Crippen molar-refractivity contribution in [2.24, 2.45) is 5.73 Å². The molecule has 0 fully saturated rings. The predicted molar refractivity (Wildman–Crippen MR) is 73.9 cm³/mol. The summed E-state index contributed by atoms with van der Waals surface area (Å²) in [6.07, 6.45) is -0.0808. The molecule has 1 aromatic carbocycles. The molecule has 1 heterocycles. The van der Waals surface area contributed by atoms with Crippen LogP contribution in [0.4, 0.5) is 0 Å². The van der Waals surface area contributed by atoms with E-state index in [4.69, 9.17) is 10.4 Å². The molecule has 1 unspecified atom stereocenters. The maximum absolute atomic E-state index is 9.94. The highest BCUT2D eigenvalue weighted by molar-refractivity contribution is 6.61. The number of nitrogens with one attached hydrogen (secondary N) is 1. The highest BCUT2D eigenvalue weighted by Gasteiger charge is 2.34. The Kier molecular flexibility index (Phi) is 4.40. The second-order valence-corrected chi connectivity index (χ2v) is 5.01. The summed E-state index contributed by atoms with van der Waals surface area (Å²) >= 11 is 0. The van der Waals surface area contributed by atoms with Gasteiger partial charge in [-0.1, -0.05) is 32.0 Å². The maximum Gasteiger partial charge on any atom is 0.492 e.